The van der Waals surface area contributed by atoms with Crippen LogP contribution in [0, 0.1) is 0 Å². The van der Waals surface area contributed by atoms with Gasteiger partial charge in [0.25, 0.3) is 0 Å². The van der Waals surface area contributed by atoms with E-state index in [0.717, 1.165) is 15.2 Å². The third-order valence-corrected chi connectivity index (χ3v) is 4.71. The van der Waals surface area contributed by atoms with Crippen molar-refractivity contribution in [3.63, 3.8) is 0 Å². The summed E-state index contributed by atoms with van der Waals surface area (Å²) in [5, 5.41) is 7.19. The van der Waals surface area contributed by atoms with E-state index in [2.05, 4.69) is 21.7 Å². The van der Waals surface area contributed by atoms with Crippen LogP contribution >= 0.6 is 22.9 Å². The maximum absolute atomic E-state index is 12.0. The monoisotopic (exact) mass is 345 g/mol. The van der Waals surface area contributed by atoms with Crippen LogP contribution in [0.2, 0.25) is 5.02 Å². The van der Waals surface area contributed by atoms with E-state index in [1.807, 2.05) is 37.3 Å². The molecule has 0 aliphatic rings. The number of carbonyl (C=O) groups excluding carboxylic acids is 1. The van der Waals surface area contributed by atoms with Crippen molar-refractivity contribution in [2.45, 2.75) is 19.4 Å². The first kappa shape index (κ1) is 15.8. The average molecular weight is 346 g/mol. The molecule has 0 aliphatic heterocycles. The minimum Gasteiger partial charge on any atom is -0.335 e. The van der Waals surface area contributed by atoms with Crippen molar-refractivity contribution >= 4 is 44.9 Å². The molecule has 1 aromatic heterocycles. The van der Waals surface area contributed by atoms with Crippen molar-refractivity contribution in [1.29, 1.82) is 0 Å². The molecule has 0 bridgehead atoms. The summed E-state index contributed by atoms with van der Waals surface area (Å²) < 4.78 is 1.16. The lowest BCUT2D eigenvalue weighted by molar-refractivity contribution is 0.249. The van der Waals surface area contributed by atoms with Gasteiger partial charge < -0.3 is 10.6 Å². The molecule has 0 aliphatic carbocycles. The van der Waals surface area contributed by atoms with Crippen LogP contribution < -0.4 is 10.6 Å². The van der Waals surface area contributed by atoms with Crippen molar-refractivity contribution in [2.24, 2.45) is 0 Å². The van der Waals surface area contributed by atoms with Crippen LogP contribution in [0.5, 0.6) is 0 Å². The molecule has 2 N–H and O–H groups in total. The Morgan fingerprint density at radius 2 is 1.96 bits per heavy atom. The Labute approximate surface area is 143 Å². The first-order valence-electron chi connectivity index (χ1n) is 7.28. The molecule has 2 aromatic carbocycles. The van der Waals surface area contributed by atoms with E-state index in [-0.39, 0.29) is 12.1 Å². The highest BCUT2D eigenvalue weighted by Gasteiger charge is 2.12. The lowest BCUT2D eigenvalue weighted by Crippen LogP contribution is -2.37. The second-order valence-electron chi connectivity index (χ2n) is 5.26. The third-order valence-electron chi connectivity index (χ3n) is 3.32. The Balaban J connectivity index is 1.59. The van der Waals surface area contributed by atoms with Crippen LogP contribution in [0.25, 0.3) is 10.2 Å². The Bertz CT molecular complexity index is 800. The molecule has 23 heavy (non-hydrogen) atoms. The zero-order chi connectivity index (χ0) is 16.2. The number of nitrogens with one attached hydrogen (secondary N) is 2. The van der Waals surface area contributed by atoms with E-state index in [9.17, 15) is 4.79 Å². The number of fused-ring (bicyclic) bond motifs is 1. The number of rotatable bonds is 4. The normalized spacial score (nSPS) is 12.1. The van der Waals surface area contributed by atoms with E-state index in [1.54, 1.807) is 23.5 Å². The number of hydrogen-bond acceptors (Lipinski definition) is 3. The number of aromatic nitrogens is 1. The quantitative estimate of drug-likeness (QED) is 0.720. The SMILES string of the molecule is CC(Cc1nc2ccccc2s1)NC(=O)Nc1ccccc1Cl. The highest BCUT2D eigenvalue weighted by molar-refractivity contribution is 7.18. The van der Waals surface area contributed by atoms with Crippen LogP contribution in [-0.2, 0) is 6.42 Å². The number of hydrogen-bond donors (Lipinski definition) is 2. The van der Waals surface area contributed by atoms with Crippen molar-refractivity contribution < 1.29 is 4.79 Å². The van der Waals surface area contributed by atoms with Crippen LogP contribution in [0.15, 0.2) is 48.5 Å². The van der Waals surface area contributed by atoms with Gasteiger partial charge in [-0.25, -0.2) is 9.78 Å². The maximum Gasteiger partial charge on any atom is 0.319 e. The number of carbonyl (C=O) groups is 1. The van der Waals surface area contributed by atoms with E-state index >= 15 is 0 Å². The number of nitrogens with zero attached hydrogens (tertiary/aromatic N) is 1. The fourth-order valence-electron chi connectivity index (χ4n) is 2.26. The Morgan fingerprint density at radius 3 is 2.74 bits per heavy atom. The summed E-state index contributed by atoms with van der Waals surface area (Å²) >= 11 is 7.68. The van der Waals surface area contributed by atoms with Crippen LogP contribution in [0.1, 0.15) is 11.9 Å². The fourth-order valence-corrected chi connectivity index (χ4v) is 3.54. The number of amides is 2. The fraction of sp³-hybridized carbons (Fsp3) is 0.176. The third kappa shape index (κ3) is 4.00. The smallest absolute Gasteiger partial charge is 0.319 e. The van der Waals surface area contributed by atoms with Gasteiger partial charge in [-0.1, -0.05) is 35.9 Å². The highest BCUT2D eigenvalue weighted by atomic mass is 35.5. The Morgan fingerprint density at radius 1 is 1.22 bits per heavy atom. The Kier molecular flexibility index (Phi) is 4.79. The molecule has 1 unspecified atom stereocenters. The first-order valence-corrected chi connectivity index (χ1v) is 8.48. The van der Waals surface area contributed by atoms with Crippen LogP contribution in [0.3, 0.4) is 0 Å². The molecule has 4 nitrogen and oxygen atoms in total. The second kappa shape index (κ2) is 6.98. The number of thiazole rings is 1. The number of urea groups is 1. The van der Waals surface area contributed by atoms with Crippen molar-refractivity contribution in [3.05, 3.63) is 58.6 Å². The minimum absolute atomic E-state index is 0.0296. The molecule has 6 heteroatoms. The van der Waals surface area contributed by atoms with E-state index in [0.29, 0.717) is 17.1 Å². The van der Waals surface area contributed by atoms with Crippen molar-refractivity contribution in [2.75, 3.05) is 5.32 Å². The predicted octanol–water partition coefficient (Wildman–Crippen LogP) is 4.70. The zero-order valence-corrected chi connectivity index (χ0v) is 14.1. The maximum atomic E-state index is 12.0. The topological polar surface area (TPSA) is 54.0 Å². The number of para-hydroxylation sites is 2. The van der Waals surface area contributed by atoms with Crippen LogP contribution in [0.4, 0.5) is 10.5 Å². The summed E-state index contributed by atoms with van der Waals surface area (Å²) in [6.45, 7) is 1.96. The molecule has 0 fully saturated rings. The van der Waals surface area contributed by atoms with Crippen LogP contribution in [-0.4, -0.2) is 17.1 Å². The average Bonchev–Trinajstić information content (AvgIpc) is 2.91. The standard InChI is InChI=1S/C17H16ClN3OS/c1-11(10-16-20-14-8-4-5-9-15(14)23-16)19-17(22)21-13-7-3-2-6-12(13)18/h2-9,11H,10H2,1H3,(H2,19,21,22). The van der Waals surface area contributed by atoms with E-state index in [4.69, 9.17) is 11.6 Å². The molecule has 118 valence electrons. The van der Waals surface area contributed by atoms with Gasteiger partial charge in [-0.3, -0.25) is 0 Å². The van der Waals surface area contributed by atoms with Gasteiger partial charge in [-0.2, -0.15) is 0 Å². The lowest BCUT2D eigenvalue weighted by Gasteiger charge is -2.14. The number of benzene rings is 2. The van der Waals surface area contributed by atoms with Gasteiger partial charge in [-0.15, -0.1) is 11.3 Å². The second-order valence-corrected chi connectivity index (χ2v) is 6.78. The van der Waals surface area contributed by atoms with Gasteiger partial charge in [0.15, 0.2) is 0 Å². The first-order chi connectivity index (χ1) is 11.1. The summed E-state index contributed by atoms with van der Waals surface area (Å²) in [5.74, 6) is 0. The molecule has 2 amide bonds. The molecule has 0 radical (unpaired) electrons. The molecule has 0 saturated carbocycles. The lowest BCUT2D eigenvalue weighted by atomic mass is 10.2. The van der Waals surface area contributed by atoms with Gasteiger partial charge in [0, 0.05) is 12.5 Å². The molecular weight excluding hydrogens is 330 g/mol. The van der Waals surface area contributed by atoms with Gasteiger partial charge in [-0.05, 0) is 31.2 Å². The largest absolute Gasteiger partial charge is 0.335 e. The molecule has 1 atom stereocenters. The van der Waals surface area contributed by atoms with Gasteiger partial charge in [0.2, 0.25) is 0 Å². The summed E-state index contributed by atoms with van der Waals surface area (Å²) in [7, 11) is 0. The highest BCUT2D eigenvalue weighted by Crippen LogP contribution is 2.23. The van der Waals surface area contributed by atoms with Crippen molar-refractivity contribution in [3.8, 4) is 0 Å². The summed E-state index contributed by atoms with van der Waals surface area (Å²) in [4.78, 5) is 16.6. The predicted molar refractivity (Wildman–Crippen MR) is 96.4 cm³/mol. The van der Waals surface area contributed by atoms with Crippen molar-refractivity contribution in [1.82, 2.24) is 10.3 Å². The van der Waals surface area contributed by atoms with Gasteiger partial charge in [0.05, 0.1) is 25.9 Å². The number of anilines is 1. The summed E-state index contributed by atoms with van der Waals surface area (Å²) in [5.41, 5.74) is 1.60. The van der Waals surface area contributed by atoms with Gasteiger partial charge in [0.1, 0.15) is 0 Å². The number of halogens is 1. The molecule has 3 rings (SSSR count). The molecule has 3 aromatic rings. The summed E-state index contributed by atoms with van der Waals surface area (Å²) in [6.07, 6.45) is 0.690. The molecule has 0 saturated heterocycles. The summed E-state index contributed by atoms with van der Waals surface area (Å²) in [6, 6.07) is 14.9. The molecule has 1 heterocycles. The zero-order valence-electron chi connectivity index (χ0n) is 12.5. The van der Waals surface area contributed by atoms with E-state index < -0.39 is 0 Å². The minimum atomic E-state index is -0.272. The molecule has 0 spiro atoms. The Hall–Kier alpha value is -2.11. The van der Waals surface area contributed by atoms with Gasteiger partial charge >= 0.3 is 6.03 Å². The van der Waals surface area contributed by atoms with E-state index in [1.165, 1.54) is 0 Å². The molecular formula is C17H16ClN3OS.